The molecule has 0 saturated heterocycles. The molecule has 0 fully saturated rings. The second-order valence-corrected chi connectivity index (χ2v) is 8.54. The standard InChI is InChI=1S/C15H25NO6S/c1-7-20-13(18)11(16-23(19)14(2,3)4)8-10-9-12(17)22-15(5,6)21-10/h9,11,16H,7-8H2,1-6H3/t11-,23?/m0/s1. The molecular weight excluding hydrogens is 322 g/mol. The van der Waals surface area contributed by atoms with E-state index >= 15 is 0 Å². The number of nitrogens with one attached hydrogen (secondary N) is 1. The Morgan fingerprint density at radius 3 is 2.48 bits per heavy atom. The lowest BCUT2D eigenvalue weighted by atomic mass is 10.1. The van der Waals surface area contributed by atoms with E-state index in [2.05, 4.69) is 4.72 Å². The van der Waals surface area contributed by atoms with Gasteiger partial charge in [0.1, 0.15) is 11.8 Å². The van der Waals surface area contributed by atoms with Crippen LogP contribution >= 0.6 is 0 Å². The molecule has 1 N–H and O–H groups in total. The molecule has 8 heteroatoms. The highest BCUT2D eigenvalue weighted by Crippen LogP contribution is 2.25. The van der Waals surface area contributed by atoms with E-state index in [1.165, 1.54) is 6.08 Å². The van der Waals surface area contributed by atoms with Crippen LogP contribution in [0.5, 0.6) is 0 Å². The van der Waals surface area contributed by atoms with Gasteiger partial charge >= 0.3 is 11.9 Å². The van der Waals surface area contributed by atoms with E-state index in [0.717, 1.165) is 0 Å². The zero-order valence-electron chi connectivity index (χ0n) is 14.4. The molecule has 1 heterocycles. The van der Waals surface area contributed by atoms with Crippen molar-refractivity contribution in [1.82, 2.24) is 4.72 Å². The van der Waals surface area contributed by atoms with Crippen LogP contribution < -0.4 is 4.72 Å². The summed E-state index contributed by atoms with van der Waals surface area (Å²) in [4.78, 5) is 23.7. The van der Waals surface area contributed by atoms with Crippen molar-refractivity contribution < 1.29 is 28.0 Å². The average molecular weight is 347 g/mol. The zero-order chi connectivity index (χ0) is 17.8. The molecule has 0 aromatic carbocycles. The van der Waals surface area contributed by atoms with Crippen LogP contribution in [0.4, 0.5) is 0 Å². The van der Waals surface area contributed by atoms with Crippen LogP contribution in [0.1, 0.15) is 48.0 Å². The third-order valence-corrected chi connectivity index (χ3v) is 4.39. The molecule has 0 aromatic heterocycles. The fourth-order valence-corrected chi connectivity index (χ4v) is 2.58. The lowest BCUT2D eigenvalue weighted by molar-refractivity contribution is -0.206. The highest BCUT2D eigenvalue weighted by atomic mass is 32.2. The second kappa shape index (κ2) is 7.44. The van der Waals surface area contributed by atoms with Gasteiger partial charge in [-0.25, -0.2) is 13.7 Å². The summed E-state index contributed by atoms with van der Waals surface area (Å²) in [7, 11) is -1.47. The molecule has 0 saturated carbocycles. The fourth-order valence-electron chi connectivity index (χ4n) is 1.79. The molecule has 23 heavy (non-hydrogen) atoms. The van der Waals surface area contributed by atoms with Crippen LogP contribution in [0.15, 0.2) is 11.8 Å². The Morgan fingerprint density at radius 1 is 1.39 bits per heavy atom. The number of carbonyl (C=O) groups excluding carboxylic acids is 2. The van der Waals surface area contributed by atoms with E-state index in [9.17, 15) is 13.8 Å². The smallest absolute Gasteiger partial charge is 0.337 e. The van der Waals surface area contributed by atoms with Crippen molar-refractivity contribution in [3.8, 4) is 0 Å². The topological polar surface area (TPSA) is 90.9 Å². The monoisotopic (exact) mass is 347 g/mol. The Bertz CT molecular complexity index is 521. The minimum Gasteiger partial charge on any atom is -0.465 e. The predicted octanol–water partition coefficient (Wildman–Crippen LogP) is 1.55. The molecule has 0 radical (unpaired) electrons. The molecule has 7 nitrogen and oxygen atoms in total. The minimum atomic E-state index is -1.47. The van der Waals surface area contributed by atoms with Crippen LogP contribution in [0.25, 0.3) is 0 Å². The summed E-state index contributed by atoms with van der Waals surface area (Å²) in [5.41, 5.74) is 0. The first kappa shape index (κ1) is 19.6. The molecule has 132 valence electrons. The second-order valence-electron chi connectivity index (χ2n) is 6.54. The van der Waals surface area contributed by atoms with Crippen LogP contribution in [0.2, 0.25) is 0 Å². The lowest BCUT2D eigenvalue weighted by Crippen LogP contribution is -2.46. The van der Waals surface area contributed by atoms with Gasteiger partial charge in [-0.1, -0.05) is 0 Å². The predicted molar refractivity (Wildman–Crippen MR) is 85.4 cm³/mol. The van der Waals surface area contributed by atoms with Gasteiger partial charge in [-0.15, -0.1) is 0 Å². The van der Waals surface area contributed by atoms with Crippen molar-refractivity contribution in [2.45, 2.75) is 64.5 Å². The van der Waals surface area contributed by atoms with E-state index in [4.69, 9.17) is 14.2 Å². The van der Waals surface area contributed by atoms with Gasteiger partial charge < -0.3 is 14.2 Å². The van der Waals surface area contributed by atoms with Crippen molar-refractivity contribution in [3.05, 3.63) is 11.8 Å². The number of ether oxygens (including phenoxy) is 3. The van der Waals surface area contributed by atoms with Crippen LogP contribution in [-0.2, 0) is 34.8 Å². The Labute approximate surface area is 139 Å². The average Bonchev–Trinajstić information content (AvgIpc) is 2.34. The molecule has 2 atom stereocenters. The fraction of sp³-hybridized carbons (Fsp3) is 0.733. The molecular formula is C15H25NO6S. The van der Waals surface area contributed by atoms with Crippen molar-refractivity contribution in [3.63, 3.8) is 0 Å². The Hall–Kier alpha value is -1.41. The molecule has 1 unspecified atom stereocenters. The summed E-state index contributed by atoms with van der Waals surface area (Å²) >= 11 is 0. The number of hydrogen-bond acceptors (Lipinski definition) is 6. The minimum absolute atomic E-state index is 0.0409. The van der Waals surface area contributed by atoms with Gasteiger partial charge in [0.05, 0.1) is 28.4 Å². The van der Waals surface area contributed by atoms with Gasteiger partial charge in [0, 0.05) is 20.3 Å². The quantitative estimate of drug-likeness (QED) is 0.733. The summed E-state index contributed by atoms with van der Waals surface area (Å²) in [6.45, 7) is 10.4. The highest BCUT2D eigenvalue weighted by molar-refractivity contribution is 7.84. The summed E-state index contributed by atoms with van der Waals surface area (Å²) in [5, 5.41) is 0. The number of cyclic esters (lactones) is 1. The van der Waals surface area contributed by atoms with Crippen LogP contribution in [-0.4, -0.2) is 39.3 Å². The normalized spacial score (nSPS) is 19.9. The summed E-state index contributed by atoms with van der Waals surface area (Å²) < 4.78 is 30.0. The largest absolute Gasteiger partial charge is 0.465 e. The first-order valence-corrected chi connectivity index (χ1v) is 8.57. The molecule has 0 bridgehead atoms. The van der Waals surface area contributed by atoms with Gasteiger partial charge in [0.2, 0.25) is 5.79 Å². The number of carbonyl (C=O) groups is 2. The van der Waals surface area contributed by atoms with E-state index in [-0.39, 0.29) is 18.8 Å². The lowest BCUT2D eigenvalue weighted by Gasteiger charge is -2.32. The van der Waals surface area contributed by atoms with Crippen molar-refractivity contribution in [2.24, 2.45) is 0 Å². The number of rotatable bonds is 6. The first-order valence-electron chi connectivity index (χ1n) is 7.42. The third kappa shape index (κ3) is 6.31. The van der Waals surface area contributed by atoms with Crippen molar-refractivity contribution >= 4 is 22.9 Å². The third-order valence-electron chi connectivity index (χ3n) is 2.78. The van der Waals surface area contributed by atoms with E-state index < -0.39 is 39.5 Å². The molecule has 0 amide bonds. The molecule has 0 spiro atoms. The zero-order valence-corrected chi connectivity index (χ0v) is 15.2. The molecule has 0 aromatic rings. The summed E-state index contributed by atoms with van der Waals surface area (Å²) in [6.07, 6.45) is 1.22. The van der Waals surface area contributed by atoms with Gasteiger partial charge in [-0.2, -0.15) is 0 Å². The maximum Gasteiger partial charge on any atom is 0.337 e. The van der Waals surface area contributed by atoms with Crippen LogP contribution in [0.3, 0.4) is 0 Å². The van der Waals surface area contributed by atoms with E-state index in [1.807, 2.05) is 0 Å². The van der Waals surface area contributed by atoms with Gasteiger partial charge in [0.25, 0.3) is 0 Å². The Balaban J connectivity index is 2.91. The van der Waals surface area contributed by atoms with Crippen molar-refractivity contribution in [2.75, 3.05) is 6.61 Å². The van der Waals surface area contributed by atoms with Crippen LogP contribution in [0, 0.1) is 0 Å². The maximum atomic E-state index is 12.3. The SMILES string of the molecule is CCOC(=O)[C@H](CC1=CC(=O)OC(C)(C)O1)NS(=O)C(C)(C)C. The molecule has 1 aliphatic heterocycles. The summed E-state index contributed by atoms with van der Waals surface area (Å²) in [6, 6.07) is -0.886. The van der Waals surface area contributed by atoms with Gasteiger partial charge in [-0.05, 0) is 27.7 Å². The van der Waals surface area contributed by atoms with Crippen molar-refractivity contribution in [1.29, 1.82) is 0 Å². The van der Waals surface area contributed by atoms with E-state index in [0.29, 0.717) is 0 Å². The first-order chi connectivity index (χ1) is 10.4. The molecule has 0 aliphatic carbocycles. The highest BCUT2D eigenvalue weighted by Gasteiger charge is 2.34. The van der Waals surface area contributed by atoms with E-state index in [1.54, 1.807) is 41.5 Å². The molecule has 1 aliphatic rings. The number of hydrogen-bond donors (Lipinski definition) is 1. The number of esters is 2. The maximum absolute atomic E-state index is 12.3. The summed E-state index contributed by atoms with van der Waals surface area (Å²) in [5.74, 6) is -1.92. The molecule has 1 rings (SSSR count). The van der Waals surface area contributed by atoms with Gasteiger partial charge in [0.15, 0.2) is 0 Å². The Kier molecular flexibility index (Phi) is 6.35. The Morgan fingerprint density at radius 2 is 2.00 bits per heavy atom. The van der Waals surface area contributed by atoms with Gasteiger partial charge in [-0.3, -0.25) is 4.79 Å².